The van der Waals surface area contributed by atoms with E-state index in [0.717, 1.165) is 0 Å². The first-order valence-electron chi connectivity index (χ1n) is 4.76. The Morgan fingerprint density at radius 1 is 1.23 bits per heavy atom. The smallest absolute Gasteiger partial charge is 0.0459 e. The zero-order valence-corrected chi connectivity index (χ0v) is 8.39. The molecule has 2 aromatic rings. The maximum Gasteiger partial charge on any atom is 0.0459 e. The van der Waals surface area contributed by atoms with Crippen molar-refractivity contribution < 1.29 is 0 Å². The molecule has 1 nitrogen and oxygen atoms in total. The van der Waals surface area contributed by atoms with Crippen molar-refractivity contribution in [3.8, 4) is 0 Å². The summed E-state index contributed by atoms with van der Waals surface area (Å²) in [5, 5.41) is 1.34. The summed E-state index contributed by atoms with van der Waals surface area (Å²) < 4.78 is 0. The number of benzene rings is 1. The Morgan fingerprint density at radius 2 is 2.00 bits per heavy atom. The molecule has 0 fully saturated rings. The number of hydrogen-bond donors (Lipinski definition) is 1. The number of fused-ring (bicyclic) bond motifs is 1. The summed E-state index contributed by atoms with van der Waals surface area (Å²) >= 11 is 0. The van der Waals surface area contributed by atoms with Crippen LogP contribution in [0.25, 0.3) is 10.9 Å². The van der Waals surface area contributed by atoms with Gasteiger partial charge in [0.25, 0.3) is 0 Å². The third-order valence-corrected chi connectivity index (χ3v) is 2.58. The highest BCUT2D eigenvalue weighted by Crippen LogP contribution is 2.22. The molecule has 0 aliphatic rings. The molecule has 1 heterocycles. The van der Waals surface area contributed by atoms with Crippen molar-refractivity contribution >= 4 is 10.9 Å². The number of aryl methyl sites for hydroxylation is 1. The molecule has 1 aromatic carbocycles. The van der Waals surface area contributed by atoms with Gasteiger partial charge in [0.15, 0.2) is 0 Å². The molecule has 68 valence electrons. The SMILES string of the molecule is Cc1c[nH]c2cc(C(C)C)ccc12. The third kappa shape index (κ3) is 1.35. The van der Waals surface area contributed by atoms with Gasteiger partial charge in [-0.15, -0.1) is 0 Å². The van der Waals surface area contributed by atoms with Crippen LogP contribution in [-0.2, 0) is 0 Å². The molecule has 1 N–H and O–H groups in total. The average molecular weight is 173 g/mol. The Labute approximate surface area is 78.8 Å². The van der Waals surface area contributed by atoms with Gasteiger partial charge in [-0.3, -0.25) is 0 Å². The zero-order chi connectivity index (χ0) is 9.42. The second-order valence-electron chi connectivity index (χ2n) is 3.93. The molecule has 0 radical (unpaired) electrons. The first-order chi connectivity index (χ1) is 6.18. The summed E-state index contributed by atoms with van der Waals surface area (Å²) in [6, 6.07) is 6.66. The quantitative estimate of drug-likeness (QED) is 0.678. The summed E-state index contributed by atoms with van der Waals surface area (Å²) in [7, 11) is 0. The minimum absolute atomic E-state index is 0.605. The van der Waals surface area contributed by atoms with Gasteiger partial charge >= 0.3 is 0 Å². The van der Waals surface area contributed by atoms with Crippen molar-refractivity contribution in [3.05, 3.63) is 35.5 Å². The molecule has 0 aliphatic carbocycles. The maximum atomic E-state index is 3.28. The molecule has 0 bridgehead atoms. The molecular weight excluding hydrogens is 158 g/mol. The van der Waals surface area contributed by atoms with E-state index in [9.17, 15) is 0 Å². The van der Waals surface area contributed by atoms with Gasteiger partial charge in [-0.05, 0) is 30.0 Å². The summed E-state index contributed by atoms with van der Waals surface area (Å²) in [6.07, 6.45) is 2.06. The van der Waals surface area contributed by atoms with Crippen LogP contribution in [0.3, 0.4) is 0 Å². The van der Waals surface area contributed by atoms with Crippen molar-refractivity contribution in [3.63, 3.8) is 0 Å². The van der Waals surface area contributed by atoms with Gasteiger partial charge in [-0.25, -0.2) is 0 Å². The fourth-order valence-electron chi connectivity index (χ4n) is 1.65. The van der Waals surface area contributed by atoms with E-state index in [-0.39, 0.29) is 0 Å². The molecule has 0 spiro atoms. The first kappa shape index (κ1) is 8.36. The summed E-state index contributed by atoms with van der Waals surface area (Å²) in [5.74, 6) is 0.605. The van der Waals surface area contributed by atoms with E-state index >= 15 is 0 Å². The topological polar surface area (TPSA) is 15.8 Å². The number of rotatable bonds is 1. The van der Waals surface area contributed by atoms with Crippen LogP contribution in [0.2, 0.25) is 0 Å². The number of H-pyrrole nitrogens is 1. The molecule has 2 rings (SSSR count). The van der Waals surface area contributed by atoms with Gasteiger partial charge in [-0.1, -0.05) is 26.0 Å². The van der Waals surface area contributed by atoms with Crippen molar-refractivity contribution in [1.82, 2.24) is 4.98 Å². The minimum atomic E-state index is 0.605. The molecule has 1 aromatic heterocycles. The zero-order valence-electron chi connectivity index (χ0n) is 8.39. The molecule has 0 aliphatic heterocycles. The molecule has 1 heteroatoms. The van der Waals surface area contributed by atoms with E-state index in [1.165, 1.54) is 22.0 Å². The normalized spacial score (nSPS) is 11.4. The van der Waals surface area contributed by atoms with Gasteiger partial charge in [0.2, 0.25) is 0 Å². The van der Waals surface area contributed by atoms with Crippen LogP contribution in [-0.4, -0.2) is 4.98 Å². The van der Waals surface area contributed by atoms with E-state index in [4.69, 9.17) is 0 Å². The molecule has 13 heavy (non-hydrogen) atoms. The predicted octanol–water partition coefficient (Wildman–Crippen LogP) is 3.60. The van der Waals surface area contributed by atoms with E-state index in [1.807, 2.05) is 0 Å². The first-order valence-corrected chi connectivity index (χ1v) is 4.76. The lowest BCUT2D eigenvalue weighted by atomic mass is 10.0. The lowest BCUT2D eigenvalue weighted by molar-refractivity contribution is 0.868. The monoisotopic (exact) mass is 173 g/mol. The van der Waals surface area contributed by atoms with Crippen LogP contribution in [0.5, 0.6) is 0 Å². The summed E-state index contributed by atoms with van der Waals surface area (Å²) in [4.78, 5) is 3.28. The fourth-order valence-corrected chi connectivity index (χ4v) is 1.65. The van der Waals surface area contributed by atoms with Gasteiger partial charge in [0.1, 0.15) is 0 Å². The Kier molecular flexibility index (Phi) is 1.87. The van der Waals surface area contributed by atoms with Gasteiger partial charge in [0, 0.05) is 17.1 Å². The Hall–Kier alpha value is -1.24. The lowest BCUT2D eigenvalue weighted by Gasteiger charge is -2.04. The second-order valence-corrected chi connectivity index (χ2v) is 3.93. The standard InChI is InChI=1S/C12H15N/c1-8(2)10-4-5-11-9(3)7-13-12(11)6-10/h4-8,13H,1-3H3. The van der Waals surface area contributed by atoms with E-state index in [1.54, 1.807) is 0 Å². The van der Waals surface area contributed by atoms with Crippen LogP contribution in [0, 0.1) is 6.92 Å². The largest absolute Gasteiger partial charge is 0.361 e. The summed E-state index contributed by atoms with van der Waals surface area (Å²) in [6.45, 7) is 6.57. The lowest BCUT2D eigenvalue weighted by Crippen LogP contribution is -1.85. The van der Waals surface area contributed by atoms with Crippen molar-refractivity contribution in [2.75, 3.05) is 0 Å². The average Bonchev–Trinajstić information content (AvgIpc) is 2.47. The maximum absolute atomic E-state index is 3.28. The van der Waals surface area contributed by atoms with Crippen LogP contribution in [0.1, 0.15) is 30.9 Å². The second kappa shape index (κ2) is 2.91. The van der Waals surface area contributed by atoms with E-state index < -0.39 is 0 Å². The van der Waals surface area contributed by atoms with Crippen molar-refractivity contribution in [1.29, 1.82) is 0 Å². The Balaban J connectivity index is 2.63. The Morgan fingerprint density at radius 3 is 2.69 bits per heavy atom. The number of aromatic nitrogens is 1. The molecule has 0 amide bonds. The summed E-state index contributed by atoms with van der Waals surface area (Å²) in [5.41, 5.74) is 3.98. The number of aromatic amines is 1. The predicted molar refractivity (Wildman–Crippen MR) is 57.1 cm³/mol. The van der Waals surface area contributed by atoms with Crippen molar-refractivity contribution in [2.24, 2.45) is 0 Å². The van der Waals surface area contributed by atoms with Gasteiger partial charge in [0.05, 0.1) is 0 Å². The molecular formula is C12H15N. The molecule has 0 unspecified atom stereocenters. The third-order valence-electron chi connectivity index (χ3n) is 2.58. The highest BCUT2D eigenvalue weighted by Gasteiger charge is 2.02. The molecule has 0 atom stereocenters. The van der Waals surface area contributed by atoms with E-state index in [2.05, 4.69) is 50.2 Å². The van der Waals surface area contributed by atoms with Crippen LogP contribution >= 0.6 is 0 Å². The van der Waals surface area contributed by atoms with Crippen LogP contribution < -0.4 is 0 Å². The van der Waals surface area contributed by atoms with Crippen LogP contribution in [0.4, 0.5) is 0 Å². The van der Waals surface area contributed by atoms with Crippen LogP contribution in [0.15, 0.2) is 24.4 Å². The fraction of sp³-hybridized carbons (Fsp3) is 0.333. The molecule has 0 saturated carbocycles. The van der Waals surface area contributed by atoms with Gasteiger partial charge in [-0.2, -0.15) is 0 Å². The van der Waals surface area contributed by atoms with Gasteiger partial charge < -0.3 is 4.98 Å². The highest BCUT2D eigenvalue weighted by molar-refractivity contribution is 5.83. The minimum Gasteiger partial charge on any atom is -0.361 e. The molecule has 0 saturated heterocycles. The highest BCUT2D eigenvalue weighted by atomic mass is 14.7. The van der Waals surface area contributed by atoms with Crippen molar-refractivity contribution in [2.45, 2.75) is 26.7 Å². The Bertz CT molecular complexity index is 424. The number of hydrogen-bond acceptors (Lipinski definition) is 0. The number of nitrogens with one attached hydrogen (secondary N) is 1. The van der Waals surface area contributed by atoms with E-state index in [0.29, 0.717) is 5.92 Å².